The second kappa shape index (κ2) is 10.2. The van der Waals surface area contributed by atoms with Gasteiger partial charge >= 0.3 is 5.97 Å². The van der Waals surface area contributed by atoms with E-state index in [9.17, 15) is 19.5 Å². The van der Waals surface area contributed by atoms with Crippen LogP contribution in [0.2, 0.25) is 5.02 Å². The highest BCUT2D eigenvalue weighted by atomic mass is 35.5. The molecule has 2 amide bonds. The van der Waals surface area contributed by atoms with E-state index in [1.165, 1.54) is 36.4 Å². The fourth-order valence-corrected chi connectivity index (χ4v) is 4.34. The number of anilines is 2. The molecule has 7 nitrogen and oxygen atoms in total. The number of ether oxygens (including phenoxy) is 1. The Hall–Kier alpha value is -3.75. The van der Waals surface area contributed by atoms with Gasteiger partial charge in [-0.25, -0.2) is 9.69 Å². The molecule has 3 aromatic carbocycles. The number of hydrogen-bond donors (Lipinski definition) is 2. The second-order valence-electron chi connectivity index (χ2n) is 7.88. The monoisotopic (exact) mass is 508 g/mol. The summed E-state index contributed by atoms with van der Waals surface area (Å²) in [7, 11) is 0. The molecule has 0 aliphatic carbocycles. The standard InChI is InChI=1S/C26H21ClN2O5S/c1-15(2)34-26(33)16-3-9-19(10-4-16)29-24(31)22(28-18-7-11-20(30)12-8-18)23(25(29)32)35-21-13-5-17(27)6-14-21/h3-15,28,30H,1-2H3. The lowest BCUT2D eigenvalue weighted by molar-refractivity contribution is -0.120. The molecule has 0 aromatic heterocycles. The van der Waals surface area contributed by atoms with Crippen LogP contribution < -0.4 is 10.2 Å². The average Bonchev–Trinajstić information content (AvgIpc) is 3.05. The number of aromatic hydroxyl groups is 1. The summed E-state index contributed by atoms with van der Waals surface area (Å²) < 4.78 is 5.19. The van der Waals surface area contributed by atoms with Gasteiger partial charge < -0.3 is 15.2 Å². The van der Waals surface area contributed by atoms with Gasteiger partial charge in [-0.15, -0.1) is 0 Å². The van der Waals surface area contributed by atoms with Crippen molar-refractivity contribution in [2.75, 3.05) is 10.2 Å². The number of esters is 1. The van der Waals surface area contributed by atoms with Crippen LogP contribution in [0.4, 0.5) is 11.4 Å². The van der Waals surface area contributed by atoms with E-state index < -0.39 is 17.8 Å². The van der Waals surface area contributed by atoms with Crippen LogP contribution in [0.1, 0.15) is 24.2 Å². The molecule has 9 heteroatoms. The van der Waals surface area contributed by atoms with Gasteiger partial charge in [-0.1, -0.05) is 23.4 Å². The fourth-order valence-electron chi connectivity index (χ4n) is 3.29. The summed E-state index contributed by atoms with van der Waals surface area (Å²) >= 11 is 7.12. The van der Waals surface area contributed by atoms with Gasteiger partial charge in [-0.3, -0.25) is 9.59 Å². The topological polar surface area (TPSA) is 95.9 Å². The number of amides is 2. The molecular weight excluding hydrogens is 488 g/mol. The molecule has 2 N–H and O–H groups in total. The number of phenolic OH excluding ortho intramolecular Hbond substituents is 1. The van der Waals surface area contributed by atoms with Gasteiger partial charge in [-0.05, 0) is 86.6 Å². The molecule has 0 radical (unpaired) electrons. The van der Waals surface area contributed by atoms with Crippen molar-refractivity contribution in [1.82, 2.24) is 0 Å². The van der Waals surface area contributed by atoms with Gasteiger partial charge in [0.15, 0.2) is 0 Å². The Labute approximate surface area is 211 Å². The molecule has 4 rings (SSSR count). The van der Waals surface area contributed by atoms with Crippen molar-refractivity contribution >= 4 is 52.5 Å². The first-order valence-corrected chi connectivity index (χ1v) is 11.9. The maximum atomic E-state index is 13.4. The van der Waals surface area contributed by atoms with Crippen molar-refractivity contribution in [2.45, 2.75) is 24.8 Å². The third-order valence-corrected chi connectivity index (χ3v) is 6.26. The van der Waals surface area contributed by atoms with E-state index in [0.717, 1.165) is 21.6 Å². The number of phenols is 1. The molecule has 0 unspecified atom stereocenters. The number of imide groups is 1. The van der Waals surface area contributed by atoms with Crippen LogP contribution in [0.3, 0.4) is 0 Å². The quantitative estimate of drug-likeness (QED) is 0.243. The average molecular weight is 509 g/mol. The van der Waals surface area contributed by atoms with Crippen LogP contribution in [0.25, 0.3) is 0 Å². The van der Waals surface area contributed by atoms with Gasteiger partial charge in [0.25, 0.3) is 11.8 Å². The Morgan fingerprint density at radius 1 is 0.943 bits per heavy atom. The van der Waals surface area contributed by atoms with E-state index in [-0.39, 0.29) is 22.5 Å². The van der Waals surface area contributed by atoms with Crippen LogP contribution >= 0.6 is 23.4 Å². The first-order valence-electron chi connectivity index (χ1n) is 10.7. The number of thioether (sulfide) groups is 1. The molecular formula is C26H21ClN2O5S. The fraction of sp³-hybridized carbons (Fsp3) is 0.115. The number of carbonyl (C=O) groups excluding carboxylic acids is 3. The van der Waals surface area contributed by atoms with Crippen LogP contribution in [0.5, 0.6) is 5.75 Å². The largest absolute Gasteiger partial charge is 0.508 e. The first-order chi connectivity index (χ1) is 16.7. The SMILES string of the molecule is CC(C)OC(=O)c1ccc(N2C(=O)C(Nc3ccc(O)cc3)=C(Sc3ccc(Cl)cc3)C2=O)cc1. The van der Waals surface area contributed by atoms with Crippen molar-refractivity contribution in [3.63, 3.8) is 0 Å². The first kappa shape index (κ1) is 24.4. The van der Waals surface area contributed by atoms with Gasteiger partial charge in [0.2, 0.25) is 0 Å². The Morgan fingerprint density at radius 2 is 1.57 bits per heavy atom. The van der Waals surface area contributed by atoms with E-state index in [1.807, 2.05) is 0 Å². The number of nitrogens with zero attached hydrogens (tertiary/aromatic N) is 1. The lowest BCUT2D eigenvalue weighted by atomic mass is 10.2. The molecule has 0 atom stereocenters. The lowest BCUT2D eigenvalue weighted by Gasteiger charge is -2.16. The zero-order valence-electron chi connectivity index (χ0n) is 18.8. The molecule has 0 saturated carbocycles. The van der Waals surface area contributed by atoms with Gasteiger partial charge in [-0.2, -0.15) is 0 Å². The van der Waals surface area contributed by atoms with E-state index in [2.05, 4.69) is 5.32 Å². The Bertz CT molecular complexity index is 1230. The number of hydrogen-bond acceptors (Lipinski definition) is 7. The minimum absolute atomic E-state index is 0.0758. The van der Waals surface area contributed by atoms with Crippen molar-refractivity contribution in [3.8, 4) is 5.75 Å². The number of rotatable bonds is 7. The van der Waals surface area contributed by atoms with Gasteiger partial charge in [0.1, 0.15) is 16.4 Å². The summed E-state index contributed by atoms with van der Waals surface area (Å²) in [6.07, 6.45) is -0.269. The van der Waals surface area contributed by atoms with Crippen LogP contribution in [0.15, 0.2) is 88.3 Å². The highest BCUT2D eigenvalue weighted by Crippen LogP contribution is 2.38. The summed E-state index contributed by atoms with van der Waals surface area (Å²) in [5.74, 6) is -1.46. The molecule has 0 spiro atoms. The third-order valence-electron chi connectivity index (χ3n) is 4.92. The third kappa shape index (κ3) is 5.50. The molecule has 0 fully saturated rings. The zero-order valence-corrected chi connectivity index (χ0v) is 20.4. The predicted molar refractivity (Wildman–Crippen MR) is 136 cm³/mol. The van der Waals surface area contributed by atoms with Gasteiger partial charge in [0.05, 0.1) is 17.4 Å². The molecule has 0 saturated heterocycles. The molecule has 3 aromatic rings. The molecule has 35 heavy (non-hydrogen) atoms. The lowest BCUT2D eigenvalue weighted by Crippen LogP contribution is -2.32. The number of benzene rings is 3. The van der Waals surface area contributed by atoms with Crippen molar-refractivity contribution in [2.24, 2.45) is 0 Å². The molecule has 1 heterocycles. The van der Waals surface area contributed by atoms with Crippen LogP contribution in [-0.4, -0.2) is 29.0 Å². The minimum atomic E-state index is -0.544. The van der Waals surface area contributed by atoms with E-state index >= 15 is 0 Å². The Morgan fingerprint density at radius 3 is 2.17 bits per heavy atom. The Balaban J connectivity index is 1.66. The van der Waals surface area contributed by atoms with Crippen molar-refractivity contribution in [3.05, 3.63) is 94.0 Å². The number of nitrogens with one attached hydrogen (secondary N) is 1. The Kier molecular flexibility index (Phi) is 7.14. The summed E-state index contributed by atoms with van der Waals surface area (Å²) in [5.41, 5.74) is 1.26. The minimum Gasteiger partial charge on any atom is -0.508 e. The zero-order chi connectivity index (χ0) is 25.1. The second-order valence-corrected chi connectivity index (χ2v) is 9.40. The molecule has 1 aliphatic rings. The molecule has 1 aliphatic heterocycles. The molecule has 0 bridgehead atoms. The van der Waals surface area contributed by atoms with E-state index in [0.29, 0.717) is 22.0 Å². The number of halogens is 1. The van der Waals surface area contributed by atoms with Crippen LogP contribution in [-0.2, 0) is 14.3 Å². The summed E-state index contributed by atoms with van der Waals surface area (Å²) in [6.45, 7) is 3.50. The highest BCUT2D eigenvalue weighted by molar-refractivity contribution is 8.04. The normalized spacial score (nSPS) is 13.5. The summed E-state index contributed by atoms with van der Waals surface area (Å²) in [4.78, 5) is 41.0. The van der Waals surface area contributed by atoms with Crippen molar-refractivity contribution in [1.29, 1.82) is 0 Å². The predicted octanol–water partition coefficient (Wildman–Crippen LogP) is 5.60. The maximum Gasteiger partial charge on any atom is 0.338 e. The van der Waals surface area contributed by atoms with Crippen molar-refractivity contribution < 1.29 is 24.2 Å². The highest BCUT2D eigenvalue weighted by Gasteiger charge is 2.40. The number of carbonyl (C=O) groups is 3. The maximum absolute atomic E-state index is 13.4. The summed E-state index contributed by atoms with van der Waals surface area (Å²) in [5, 5.41) is 13.1. The molecule has 178 valence electrons. The van der Waals surface area contributed by atoms with E-state index in [4.69, 9.17) is 16.3 Å². The van der Waals surface area contributed by atoms with Gasteiger partial charge in [0, 0.05) is 15.6 Å². The smallest absolute Gasteiger partial charge is 0.338 e. The van der Waals surface area contributed by atoms with Crippen LogP contribution in [0, 0.1) is 0 Å². The summed E-state index contributed by atoms with van der Waals surface area (Å²) in [6, 6.07) is 19.1. The van der Waals surface area contributed by atoms with E-state index in [1.54, 1.807) is 50.2 Å².